The minimum absolute atomic E-state index is 0.0595. The number of hydrogen-bond donors (Lipinski definition) is 1. The van der Waals surface area contributed by atoms with E-state index >= 15 is 0 Å². The van der Waals surface area contributed by atoms with E-state index in [0.717, 1.165) is 12.8 Å². The van der Waals surface area contributed by atoms with E-state index in [0.29, 0.717) is 24.6 Å². The van der Waals surface area contributed by atoms with Gasteiger partial charge in [0.15, 0.2) is 0 Å². The van der Waals surface area contributed by atoms with E-state index in [1.165, 1.54) is 13.2 Å². The predicted octanol–water partition coefficient (Wildman–Crippen LogP) is 3.22. The number of hydrogen-bond acceptors (Lipinski definition) is 5. The summed E-state index contributed by atoms with van der Waals surface area (Å²) in [5.74, 6) is 0.598. The van der Waals surface area contributed by atoms with Crippen molar-refractivity contribution in [3.63, 3.8) is 0 Å². The lowest BCUT2D eigenvalue weighted by molar-refractivity contribution is -0.384. The van der Waals surface area contributed by atoms with Crippen LogP contribution in [0, 0.1) is 10.1 Å². The van der Waals surface area contributed by atoms with Crippen molar-refractivity contribution in [3.8, 4) is 5.75 Å². The first-order chi connectivity index (χ1) is 9.54. The lowest BCUT2D eigenvalue weighted by atomic mass is 10.2. The molecule has 0 aliphatic heterocycles. The molecule has 0 spiro atoms. The van der Waals surface area contributed by atoms with Crippen molar-refractivity contribution in [1.29, 1.82) is 0 Å². The molecule has 0 saturated carbocycles. The van der Waals surface area contributed by atoms with Gasteiger partial charge < -0.3 is 14.8 Å². The molecule has 0 aromatic heterocycles. The summed E-state index contributed by atoms with van der Waals surface area (Å²) in [6, 6.07) is 4.67. The van der Waals surface area contributed by atoms with Gasteiger partial charge in [-0.15, -0.1) is 0 Å². The Morgan fingerprint density at radius 2 is 2.10 bits per heavy atom. The fourth-order valence-electron chi connectivity index (χ4n) is 1.71. The lowest BCUT2D eigenvalue weighted by Gasteiger charge is -2.10. The Morgan fingerprint density at radius 3 is 2.70 bits per heavy atom. The standard InChI is InChI=1S/C14H22N2O4/c1-11(2)20-9-5-4-8-15-13-10-12(19-3)6-7-14(13)16(17)18/h6-7,10-11,15H,4-5,8-9H2,1-3H3. The van der Waals surface area contributed by atoms with Crippen molar-refractivity contribution in [3.05, 3.63) is 28.3 Å². The summed E-state index contributed by atoms with van der Waals surface area (Å²) in [5.41, 5.74) is 0.545. The van der Waals surface area contributed by atoms with Crippen molar-refractivity contribution >= 4 is 11.4 Å². The van der Waals surface area contributed by atoms with E-state index in [2.05, 4.69) is 5.32 Å². The fourth-order valence-corrected chi connectivity index (χ4v) is 1.71. The van der Waals surface area contributed by atoms with Crippen molar-refractivity contribution in [2.24, 2.45) is 0 Å². The Kier molecular flexibility index (Phi) is 6.79. The Bertz CT molecular complexity index is 435. The molecule has 6 heteroatoms. The summed E-state index contributed by atoms with van der Waals surface area (Å²) in [5, 5.41) is 14.0. The monoisotopic (exact) mass is 282 g/mol. The Balaban J connectivity index is 2.47. The summed E-state index contributed by atoms with van der Waals surface area (Å²) in [6.45, 7) is 5.37. The van der Waals surface area contributed by atoms with Crippen LogP contribution in [0.2, 0.25) is 0 Å². The van der Waals surface area contributed by atoms with Gasteiger partial charge in [-0.3, -0.25) is 10.1 Å². The van der Waals surface area contributed by atoms with Gasteiger partial charge in [-0.2, -0.15) is 0 Å². The first-order valence-electron chi connectivity index (χ1n) is 6.72. The van der Waals surface area contributed by atoms with Crippen LogP contribution in [-0.4, -0.2) is 31.3 Å². The van der Waals surface area contributed by atoms with E-state index in [1.807, 2.05) is 13.8 Å². The van der Waals surface area contributed by atoms with E-state index in [1.54, 1.807) is 12.1 Å². The highest BCUT2D eigenvalue weighted by Crippen LogP contribution is 2.28. The first-order valence-corrected chi connectivity index (χ1v) is 6.72. The molecule has 0 aliphatic rings. The Morgan fingerprint density at radius 1 is 1.35 bits per heavy atom. The topological polar surface area (TPSA) is 73.6 Å². The third-order valence-electron chi connectivity index (χ3n) is 2.74. The molecule has 0 bridgehead atoms. The number of nitrogens with one attached hydrogen (secondary N) is 1. The van der Waals surface area contributed by atoms with Gasteiger partial charge in [0.1, 0.15) is 11.4 Å². The molecule has 1 N–H and O–H groups in total. The van der Waals surface area contributed by atoms with Crippen molar-refractivity contribution in [1.82, 2.24) is 0 Å². The molecular formula is C14H22N2O4. The van der Waals surface area contributed by atoms with Gasteiger partial charge in [0, 0.05) is 25.3 Å². The smallest absolute Gasteiger partial charge is 0.292 e. The van der Waals surface area contributed by atoms with E-state index in [9.17, 15) is 10.1 Å². The molecular weight excluding hydrogens is 260 g/mol. The van der Waals surface area contributed by atoms with Gasteiger partial charge >= 0.3 is 0 Å². The number of benzene rings is 1. The highest BCUT2D eigenvalue weighted by molar-refractivity contribution is 5.64. The second kappa shape index (κ2) is 8.37. The minimum Gasteiger partial charge on any atom is -0.497 e. The maximum Gasteiger partial charge on any atom is 0.292 e. The summed E-state index contributed by atoms with van der Waals surface area (Å²) >= 11 is 0. The molecule has 20 heavy (non-hydrogen) atoms. The number of nitro benzene ring substituents is 1. The zero-order valence-corrected chi connectivity index (χ0v) is 12.2. The molecule has 0 heterocycles. The maximum atomic E-state index is 10.9. The highest BCUT2D eigenvalue weighted by atomic mass is 16.6. The summed E-state index contributed by atoms with van der Waals surface area (Å²) in [7, 11) is 1.54. The van der Waals surface area contributed by atoms with Crippen molar-refractivity contribution in [2.75, 3.05) is 25.6 Å². The number of nitro groups is 1. The SMILES string of the molecule is COc1ccc([N+](=O)[O-])c(NCCCCOC(C)C)c1. The van der Waals surface area contributed by atoms with Crippen molar-refractivity contribution in [2.45, 2.75) is 32.8 Å². The van der Waals surface area contributed by atoms with E-state index in [4.69, 9.17) is 9.47 Å². The number of rotatable bonds is 9. The third kappa shape index (κ3) is 5.44. The zero-order chi connectivity index (χ0) is 15.0. The van der Waals surface area contributed by atoms with Crippen LogP contribution in [0.1, 0.15) is 26.7 Å². The van der Waals surface area contributed by atoms with Gasteiger partial charge in [0.25, 0.3) is 5.69 Å². The first kappa shape index (κ1) is 16.2. The zero-order valence-electron chi connectivity index (χ0n) is 12.2. The number of methoxy groups -OCH3 is 1. The molecule has 0 aliphatic carbocycles. The fraction of sp³-hybridized carbons (Fsp3) is 0.571. The number of anilines is 1. The molecule has 0 fully saturated rings. The van der Waals surface area contributed by atoms with Crippen LogP contribution < -0.4 is 10.1 Å². The second-order valence-electron chi connectivity index (χ2n) is 4.69. The van der Waals surface area contributed by atoms with Crippen LogP contribution >= 0.6 is 0 Å². The number of unbranched alkanes of at least 4 members (excludes halogenated alkanes) is 1. The minimum atomic E-state index is -0.399. The lowest BCUT2D eigenvalue weighted by Crippen LogP contribution is -2.08. The van der Waals surface area contributed by atoms with Gasteiger partial charge in [0.05, 0.1) is 18.1 Å². The van der Waals surface area contributed by atoms with Crippen LogP contribution in [0.3, 0.4) is 0 Å². The quantitative estimate of drug-likeness (QED) is 0.427. The largest absolute Gasteiger partial charge is 0.497 e. The molecule has 0 amide bonds. The average Bonchev–Trinajstić information content (AvgIpc) is 2.41. The van der Waals surface area contributed by atoms with E-state index < -0.39 is 4.92 Å². The van der Waals surface area contributed by atoms with Crippen LogP contribution in [0.4, 0.5) is 11.4 Å². The van der Waals surface area contributed by atoms with Gasteiger partial charge in [0.2, 0.25) is 0 Å². The number of ether oxygens (including phenoxy) is 2. The van der Waals surface area contributed by atoms with Crippen LogP contribution in [-0.2, 0) is 4.74 Å². The van der Waals surface area contributed by atoms with Crippen molar-refractivity contribution < 1.29 is 14.4 Å². The molecule has 112 valence electrons. The molecule has 0 atom stereocenters. The second-order valence-corrected chi connectivity index (χ2v) is 4.69. The Labute approximate surface area is 119 Å². The summed E-state index contributed by atoms with van der Waals surface area (Å²) in [6.07, 6.45) is 2.05. The molecule has 0 unspecified atom stereocenters. The summed E-state index contributed by atoms with van der Waals surface area (Å²) in [4.78, 5) is 10.5. The third-order valence-corrected chi connectivity index (χ3v) is 2.74. The van der Waals surface area contributed by atoms with Gasteiger partial charge in [-0.1, -0.05) is 0 Å². The number of nitrogens with zero attached hydrogens (tertiary/aromatic N) is 1. The van der Waals surface area contributed by atoms with Crippen LogP contribution in [0.25, 0.3) is 0 Å². The Hall–Kier alpha value is -1.82. The average molecular weight is 282 g/mol. The summed E-state index contributed by atoms with van der Waals surface area (Å²) < 4.78 is 10.5. The molecule has 1 aromatic carbocycles. The predicted molar refractivity (Wildman–Crippen MR) is 78.5 cm³/mol. The van der Waals surface area contributed by atoms with Gasteiger partial charge in [-0.25, -0.2) is 0 Å². The normalized spacial score (nSPS) is 10.6. The molecule has 0 radical (unpaired) electrons. The molecule has 1 rings (SSSR count). The molecule has 6 nitrogen and oxygen atoms in total. The molecule has 1 aromatic rings. The van der Waals surface area contributed by atoms with Crippen LogP contribution in [0.5, 0.6) is 5.75 Å². The van der Waals surface area contributed by atoms with Crippen LogP contribution in [0.15, 0.2) is 18.2 Å². The maximum absolute atomic E-state index is 10.9. The highest BCUT2D eigenvalue weighted by Gasteiger charge is 2.13. The van der Waals surface area contributed by atoms with E-state index in [-0.39, 0.29) is 11.8 Å². The van der Waals surface area contributed by atoms with Gasteiger partial charge in [-0.05, 0) is 32.8 Å². The molecule has 0 saturated heterocycles.